The zero-order chi connectivity index (χ0) is 14.0. The lowest BCUT2D eigenvalue weighted by atomic mass is 10.3. The molecular formula is C11H9BrFN3O2S. The van der Waals surface area contributed by atoms with E-state index in [1.807, 2.05) is 0 Å². The molecule has 1 aromatic heterocycles. The average molecular weight is 346 g/mol. The van der Waals surface area contributed by atoms with Crippen molar-refractivity contribution in [1.82, 2.24) is 4.98 Å². The Morgan fingerprint density at radius 1 is 1.32 bits per heavy atom. The standard InChI is InChI=1S/C11H9BrFN3O2S/c12-8-5-7(14)1-2-11(8)19(17,18)16-10-3-4-15-6-9(10)13/h1-6H,14H2,(H,15,16). The van der Waals surface area contributed by atoms with E-state index in [9.17, 15) is 12.8 Å². The molecule has 0 saturated heterocycles. The zero-order valence-corrected chi connectivity index (χ0v) is 11.9. The van der Waals surface area contributed by atoms with Crippen LogP contribution in [-0.2, 0) is 10.0 Å². The van der Waals surface area contributed by atoms with Gasteiger partial charge in [-0.05, 0) is 40.2 Å². The van der Waals surface area contributed by atoms with E-state index in [-0.39, 0.29) is 10.6 Å². The van der Waals surface area contributed by atoms with Crippen molar-refractivity contribution < 1.29 is 12.8 Å². The van der Waals surface area contributed by atoms with Crippen LogP contribution >= 0.6 is 15.9 Å². The summed E-state index contributed by atoms with van der Waals surface area (Å²) in [6.07, 6.45) is 2.22. The smallest absolute Gasteiger partial charge is 0.263 e. The van der Waals surface area contributed by atoms with Crippen LogP contribution in [-0.4, -0.2) is 13.4 Å². The van der Waals surface area contributed by atoms with Gasteiger partial charge in [-0.2, -0.15) is 0 Å². The minimum absolute atomic E-state index is 0.0297. The number of halogens is 2. The van der Waals surface area contributed by atoms with Gasteiger partial charge in [-0.1, -0.05) is 0 Å². The number of hydrogen-bond donors (Lipinski definition) is 2. The Morgan fingerprint density at radius 3 is 2.68 bits per heavy atom. The topological polar surface area (TPSA) is 85.1 Å². The summed E-state index contributed by atoms with van der Waals surface area (Å²) in [6, 6.07) is 5.47. The molecule has 0 spiro atoms. The number of nitrogens with one attached hydrogen (secondary N) is 1. The number of nitrogens with two attached hydrogens (primary N) is 1. The first kappa shape index (κ1) is 13.8. The summed E-state index contributed by atoms with van der Waals surface area (Å²) in [4.78, 5) is 3.51. The van der Waals surface area contributed by atoms with Gasteiger partial charge < -0.3 is 5.73 Å². The number of hydrogen-bond acceptors (Lipinski definition) is 4. The van der Waals surface area contributed by atoms with Crippen molar-refractivity contribution in [2.45, 2.75) is 4.90 Å². The maximum Gasteiger partial charge on any atom is 0.263 e. The molecule has 2 aromatic rings. The minimum atomic E-state index is -3.90. The second kappa shape index (κ2) is 5.14. The van der Waals surface area contributed by atoms with Crippen molar-refractivity contribution in [3.8, 4) is 0 Å². The predicted octanol–water partition coefficient (Wildman–Crippen LogP) is 2.37. The molecule has 2 rings (SSSR count). The van der Waals surface area contributed by atoms with Gasteiger partial charge in [-0.15, -0.1) is 0 Å². The molecule has 0 fully saturated rings. The molecule has 0 aliphatic heterocycles. The Morgan fingerprint density at radius 2 is 2.05 bits per heavy atom. The molecular weight excluding hydrogens is 337 g/mol. The summed E-state index contributed by atoms with van der Waals surface area (Å²) in [5.74, 6) is -0.752. The summed E-state index contributed by atoms with van der Waals surface area (Å²) >= 11 is 3.11. The van der Waals surface area contributed by atoms with Crippen LogP contribution in [0.5, 0.6) is 0 Å². The number of anilines is 2. The van der Waals surface area contributed by atoms with Gasteiger partial charge in [0.05, 0.1) is 11.9 Å². The molecule has 8 heteroatoms. The average Bonchev–Trinajstić information content (AvgIpc) is 2.31. The van der Waals surface area contributed by atoms with Crippen molar-refractivity contribution in [2.75, 3.05) is 10.5 Å². The molecule has 19 heavy (non-hydrogen) atoms. The van der Waals surface area contributed by atoms with Crippen molar-refractivity contribution >= 4 is 37.3 Å². The van der Waals surface area contributed by atoms with Crippen LogP contribution in [0.2, 0.25) is 0 Å². The van der Waals surface area contributed by atoms with E-state index in [1.54, 1.807) is 0 Å². The molecule has 0 amide bonds. The van der Waals surface area contributed by atoms with Crippen molar-refractivity contribution in [2.24, 2.45) is 0 Å². The molecule has 0 aliphatic carbocycles. The molecule has 100 valence electrons. The van der Waals surface area contributed by atoms with Crippen LogP contribution in [0, 0.1) is 5.82 Å². The van der Waals surface area contributed by atoms with E-state index in [1.165, 1.54) is 30.5 Å². The summed E-state index contributed by atoms with van der Waals surface area (Å²) < 4.78 is 40.1. The summed E-state index contributed by atoms with van der Waals surface area (Å²) in [5.41, 5.74) is 5.78. The lowest BCUT2D eigenvalue weighted by Gasteiger charge is -2.10. The van der Waals surface area contributed by atoms with Crippen LogP contribution < -0.4 is 10.5 Å². The van der Waals surface area contributed by atoms with E-state index in [2.05, 4.69) is 25.6 Å². The summed E-state index contributed by atoms with van der Waals surface area (Å²) in [6.45, 7) is 0. The first-order chi connectivity index (χ1) is 8.90. The highest BCUT2D eigenvalue weighted by Gasteiger charge is 2.19. The number of sulfonamides is 1. The van der Waals surface area contributed by atoms with E-state index in [0.717, 1.165) is 6.20 Å². The van der Waals surface area contributed by atoms with E-state index in [4.69, 9.17) is 5.73 Å². The Labute approximate surface area is 117 Å². The number of benzene rings is 1. The van der Waals surface area contributed by atoms with Crippen molar-refractivity contribution in [3.63, 3.8) is 0 Å². The molecule has 0 unspecified atom stereocenters. The Hall–Kier alpha value is -1.67. The van der Waals surface area contributed by atoms with E-state index in [0.29, 0.717) is 10.2 Å². The van der Waals surface area contributed by atoms with Crippen molar-refractivity contribution in [1.29, 1.82) is 0 Å². The molecule has 0 aliphatic rings. The molecule has 5 nitrogen and oxygen atoms in total. The summed E-state index contributed by atoms with van der Waals surface area (Å²) in [7, 11) is -3.90. The molecule has 1 heterocycles. The SMILES string of the molecule is Nc1ccc(S(=O)(=O)Nc2ccncc2F)c(Br)c1. The molecule has 0 radical (unpaired) electrons. The minimum Gasteiger partial charge on any atom is -0.399 e. The predicted molar refractivity (Wildman–Crippen MR) is 73.6 cm³/mol. The van der Waals surface area contributed by atoms with Crippen LogP contribution in [0.1, 0.15) is 0 Å². The fourth-order valence-electron chi connectivity index (χ4n) is 1.39. The number of nitrogen functional groups attached to an aromatic ring is 1. The first-order valence-corrected chi connectivity index (χ1v) is 7.35. The third-order valence-corrected chi connectivity index (χ3v) is 4.60. The Bertz CT molecular complexity index is 722. The molecule has 0 saturated carbocycles. The highest BCUT2D eigenvalue weighted by Crippen LogP contribution is 2.26. The number of rotatable bonds is 3. The zero-order valence-electron chi connectivity index (χ0n) is 9.47. The van der Waals surface area contributed by atoms with Gasteiger partial charge in [0.1, 0.15) is 4.90 Å². The monoisotopic (exact) mass is 345 g/mol. The van der Waals surface area contributed by atoms with Gasteiger partial charge in [0.15, 0.2) is 5.82 Å². The van der Waals surface area contributed by atoms with Gasteiger partial charge in [0, 0.05) is 16.4 Å². The number of pyridine rings is 1. The second-order valence-corrected chi connectivity index (χ2v) is 6.16. The highest BCUT2D eigenvalue weighted by molar-refractivity contribution is 9.10. The third kappa shape index (κ3) is 3.02. The normalized spacial score (nSPS) is 11.3. The van der Waals surface area contributed by atoms with Crippen LogP contribution in [0.3, 0.4) is 0 Å². The summed E-state index contributed by atoms with van der Waals surface area (Å²) in [5, 5.41) is 0. The first-order valence-electron chi connectivity index (χ1n) is 5.07. The van der Waals surface area contributed by atoms with Gasteiger partial charge in [0.25, 0.3) is 10.0 Å². The maximum atomic E-state index is 13.4. The largest absolute Gasteiger partial charge is 0.399 e. The molecule has 1 aromatic carbocycles. The second-order valence-electron chi connectivity index (χ2n) is 3.65. The number of aromatic nitrogens is 1. The fraction of sp³-hybridized carbons (Fsp3) is 0. The van der Waals surface area contributed by atoms with Gasteiger partial charge in [-0.25, -0.2) is 12.8 Å². The van der Waals surface area contributed by atoms with Gasteiger partial charge in [-0.3, -0.25) is 9.71 Å². The molecule has 0 bridgehead atoms. The van der Waals surface area contributed by atoms with E-state index < -0.39 is 15.8 Å². The maximum absolute atomic E-state index is 13.4. The van der Waals surface area contributed by atoms with Crippen LogP contribution in [0.15, 0.2) is 46.0 Å². The van der Waals surface area contributed by atoms with Gasteiger partial charge >= 0.3 is 0 Å². The Kier molecular flexibility index (Phi) is 3.72. The van der Waals surface area contributed by atoms with Crippen molar-refractivity contribution in [3.05, 3.63) is 46.9 Å². The van der Waals surface area contributed by atoms with Gasteiger partial charge in [0.2, 0.25) is 0 Å². The highest BCUT2D eigenvalue weighted by atomic mass is 79.9. The quantitative estimate of drug-likeness (QED) is 0.836. The molecule has 3 N–H and O–H groups in total. The van der Waals surface area contributed by atoms with Crippen LogP contribution in [0.25, 0.3) is 0 Å². The third-order valence-electron chi connectivity index (χ3n) is 2.26. The lowest BCUT2D eigenvalue weighted by Crippen LogP contribution is -2.14. The van der Waals surface area contributed by atoms with E-state index >= 15 is 0 Å². The fourth-order valence-corrected chi connectivity index (χ4v) is 3.56. The Balaban J connectivity index is 2.41. The molecule has 0 atom stereocenters. The lowest BCUT2D eigenvalue weighted by molar-refractivity contribution is 0.597. The number of nitrogens with zero attached hydrogens (tertiary/aromatic N) is 1. The van der Waals surface area contributed by atoms with Crippen LogP contribution in [0.4, 0.5) is 15.8 Å².